The van der Waals surface area contributed by atoms with Gasteiger partial charge in [-0.1, -0.05) is 89.7 Å². The van der Waals surface area contributed by atoms with Gasteiger partial charge in [0, 0.05) is 44.9 Å². The number of rotatable bonds is 10. The lowest BCUT2D eigenvalue weighted by atomic mass is 9.79. The molecule has 0 saturated carbocycles. The summed E-state index contributed by atoms with van der Waals surface area (Å²) in [4.78, 5) is 10.3. The number of aliphatic hydroxyl groups excluding tert-OH is 2. The third-order valence-electron chi connectivity index (χ3n) is 7.27. The number of hydrogen-bond donors (Lipinski definition) is 3. The maximum atomic E-state index is 11.2. The standard InChI is InChI=1S/C37H58O4S2.CH2O/c1-23(38)18-24(39)16-17-41-32-29(35(8,9)10)21-26(22-30(32)36(11,12)13)43-37(14,15)42-25-19-27(33(2,3)4)31(40)28(20-25)34(5,6)7;1-2/h19-22,24,38-40H,1,16-18H2,2-15H3;1H2/t24-;/m1./s1. The van der Waals surface area contributed by atoms with E-state index in [2.05, 4.69) is 128 Å². The Morgan fingerprint density at radius 2 is 1.04 bits per heavy atom. The van der Waals surface area contributed by atoms with Crippen LogP contribution in [0.4, 0.5) is 0 Å². The molecule has 2 aromatic rings. The van der Waals surface area contributed by atoms with Crippen LogP contribution < -0.4 is 4.74 Å². The minimum atomic E-state index is -0.696. The van der Waals surface area contributed by atoms with Gasteiger partial charge in [0.25, 0.3) is 0 Å². The fraction of sp³-hybridized carbons (Fsp3) is 0.605. The van der Waals surface area contributed by atoms with Gasteiger partial charge >= 0.3 is 0 Å². The van der Waals surface area contributed by atoms with Gasteiger partial charge in [-0.2, -0.15) is 0 Å². The molecule has 0 unspecified atom stereocenters. The monoisotopic (exact) mass is 660 g/mol. The number of carbonyl (C=O) groups excluding carboxylic acids is 1. The molecule has 1 atom stereocenters. The van der Waals surface area contributed by atoms with Crippen LogP contribution in [-0.4, -0.2) is 38.9 Å². The molecule has 0 aliphatic heterocycles. The predicted molar refractivity (Wildman–Crippen MR) is 195 cm³/mol. The van der Waals surface area contributed by atoms with Crippen molar-refractivity contribution in [3.8, 4) is 11.5 Å². The zero-order chi connectivity index (χ0) is 35.3. The van der Waals surface area contributed by atoms with Gasteiger partial charge in [0.1, 0.15) is 18.3 Å². The summed E-state index contributed by atoms with van der Waals surface area (Å²) in [5, 5.41) is 31.0. The number of aliphatic hydroxyl groups is 2. The SMILES string of the molecule is C=C(O)C[C@H](O)CCOc1c(C(C)(C)C)cc(SC(C)(C)Sc2cc(C(C)(C)C)c(O)c(C(C)(C)C)c2)cc1C(C)(C)C.C=O. The molecule has 0 aliphatic carbocycles. The number of aromatic hydroxyl groups is 1. The maximum absolute atomic E-state index is 11.2. The van der Waals surface area contributed by atoms with Crippen molar-refractivity contribution >= 4 is 30.3 Å². The van der Waals surface area contributed by atoms with Crippen LogP contribution in [-0.2, 0) is 26.5 Å². The molecule has 0 heterocycles. The van der Waals surface area contributed by atoms with E-state index >= 15 is 0 Å². The minimum Gasteiger partial charge on any atom is -0.513 e. The predicted octanol–water partition coefficient (Wildman–Crippen LogP) is 10.6. The first-order chi connectivity index (χ1) is 20.2. The normalized spacial score (nSPS) is 13.6. The van der Waals surface area contributed by atoms with Crippen molar-refractivity contribution in [2.75, 3.05) is 6.61 Å². The fourth-order valence-electron chi connectivity index (χ4n) is 5.00. The minimum absolute atomic E-state index is 0.0170. The highest BCUT2D eigenvalue weighted by Crippen LogP contribution is 2.51. The summed E-state index contributed by atoms with van der Waals surface area (Å²) in [7, 11) is 0. The molecule has 7 heteroatoms. The summed E-state index contributed by atoms with van der Waals surface area (Å²) in [5.74, 6) is 1.27. The van der Waals surface area contributed by atoms with E-state index in [1.165, 1.54) is 4.90 Å². The Bertz CT molecular complexity index is 1230. The van der Waals surface area contributed by atoms with Crippen molar-refractivity contribution in [3.63, 3.8) is 0 Å². The molecule has 0 aliphatic rings. The molecule has 0 amide bonds. The molecule has 0 radical (unpaired) electrons. The molecule has 0 saturated heterocycles. The van der Waals surface area contributed by atoms with E-state index in [1.54, 1.807) is 0 Å². The van der Waals surface area contributed by atoms with E-state index in [0.29, 0.717) is 18.8 Å². The molecule has 2 rings (SSSR count). The second kappa shape index (κ2) is 15.2. The second-order valence-corrected chi connectivity index (χ2v) is 20.0. The van der Waals surface area contributed by atoms with Crippen LogP contribution >= 0.6 is 23.5 Å². The maximum Gasteiger partial charge on any atom is 0.126 e. The Kier molecular flexibility index (Phi) is 13.8. The summed E-state index contributed by atoms with van der Waals surface area (Å²) in [6, 6.07) is 8.86. The number of hydrogen-bond acceptors (Lipinski definition) is 7. The van der Waals surface area contributed by atoms with Crippen LogP contribution in [0, 0.1) is 0 Å². The van der Waals surface area contributed by atoms with Crippen LogP contribution in [0.1, 0.15) is 132 Å². The second-order valence-electron chi connectivity index (χ2n) is 16.4. The average Bonchev–Trinajstić information content (AvgIpc) is 2.83. The molecule has 2 aromatic carbocycles. The molecule has 45 heavy (non-hydrogen) atoms. The Morgan fingerprint density at radius 1 is 0.711 bits per heavy atom. The van der Waals surface area contributed by atoms with Crippen molar-refractivity contribution < 1.29 is 24.9 Å². The summed E-state index contributed by atoms with van der Waals surface area (Å²) >= 11 is 3.67. The number of ether oxygens (including phenoxy) is 1. The van der Waals surface area contributed by atoms with E-state index in [0.717, 1.165) is 32.9 Å². The van der Waals surface area contributed by atoms with Crippen LogP contribution in [0.25, 0.3) is 0 Å². The van der Waals surface area contributed by atoms with Crippen molar-refractivity contribution in [1.29, 1.82) is 0 Å². The largest absolute Gasteiger partial charge is 0.513 e. The molecule has 0 aromatic heterocycles. The summed E-state index contributed by atoms with van der Waals surface area (Å²) in [6.45, 7) is 36.5. The molecule has 5 nitrogen and oxygen atoms in total. The lowest BCUT2D eigenvalue weighted by molar-refractivity contribution is -0.0980. The van der Waals surface area contributed by atoms with Crippen LogP contribution in [0.3, 0.4) is 0 Å². The highest BCUT2D eigenvalue weighted by molar-refractivity contribution is 8.18. The smallest absolute Gasteiger partial charge is 0.126 e. The van der Waals surface area contributed by atoms with Gasteiger partial charge in [-0.25, -0.2) is 0 Å². The first kappa shape index (κ1) is 40.9. The van der Waals surface area contributed by atoms with Gasteiger partial charge in [0.05, 0.1) is 22.5 Å². The first-order valence-corrected chi connectivity index (χ1v) is 17.3. The summed E-state index contributed by atoms with van der Waals surface area (Å²) in [5.41, 5.74) is 3.53. The van der Waals surface area contributed by atoms with E-state index in [-0.39, 0.29) is 37.9 Å². The Balaban J connectivity index is 0.00000496. The van der Waals surface area contributed by atoms with Gasteiger partial charge in [0.15, 0.2) is 0 Å². The Hall–Kier alpha value is -2.09. The quantitative estimate of drug-likeness (QED) is 0.133. The zero-order valence-electron chi connectivity index (χ0n) is 30.4. The van der Waals surface area contributed by atoms with Crippen LogP contribution in [0.2, 0.25) is 0 Å². The number of benzene rings is 2. The number of phenols is 1. The lowest BCUT2D eigenvalue weighted by Gasteiger charge is -2.33. The molecule has 254 valence electrons. The van der Waals surface area contributed by atoms with Gasteiger partial charge < -0.3 is 24.9 Å². The third kappa shape index (κ3) is 12.2. The third-order valence-corrected chi connectivity index (χ3v) is 9.70. The number of phenolic OH excluding ortho intramolecular Hbond substituents is 1. The molecule has 0 fully saturated rings. The number of carbonyl (C=O) groups is 1. The molecular weight excluding hydrogens is 601 g/mol. The van der Waals surface area contributed by atoms with Crippen molar-refractivity contribution in [3.05, 3.63) is 58.9 Å². The molecule has 0 bridgehead atoms. The Morgan fingerprint density at radius 3 is 1.36 bits per heavy atom. The Labute approximate surface area is 282 Å². The number of thioether (sulfide) groups is 2. The van der Waals surface area contributed by atoms with E-state index < -0.39 is 6.10 Å². The van der Waals surface area contributed by atoms with Gasteiger partial charge in [0.2, 0.25) is 0 Å². The average molecular weight is 661 g/mol. The van der Waals surface area contributed by atoms with Gasteiger partial charge in [-0.05, 0) is 59.8 Å². The molecule has 0 spiro atoms. The fourth-order valence-corrected chi connectivity index (χ4v) is 7.59. The van der Waals surface area contributed by atoms with E-state index in [4.69, 9.17) is 9.53 Å². The summed E-state index contributed by atoms with van der Waals surface area (Å²) < 4.78 is 6.24. The van der Waals surface area contributed by atoms with Crippen molar-refractivity contribution in [2.24, 2.45) is 0 Å². The highest BCUT2D eigenvalue weighted by Gasteiger charge is 2.32. The first-order valence-electron chi connectivity index (χ1n) is 15.6. The van der Waals surface area contributed by atoms with Crippen molar-refractivity contribution in [1.82, 2.24) is 0 Å². The van der Waals surface area contributed by atoms with Crippen LogP contribution in [0.15, 0.2) is 46.4 Å². The van der Waals surface area contributed by atoms with Crippen molar-refractivity contribution in [2.45, 2.75) is 151 Å². The van der Waals surface area contributed by atoms with Crippen LogP contribution in [0.5, 0.6) is 11.5 Å². The molecular formula is C38H60O5S2. The highest BCUT2D eigenvalue weighted by atomic mass is 32.2. The summed E-state index contributed by atoms with van der Waals surface area (Å²) in [6.07, 6.45) is -0.134. The zero-order valence-corrected chi connectivity index (χ0v) is 32.0. The molecule has 3 N–H and O–H groups in total. The van der Waals surface area contributed by atoms with E-state index in [9.17, 15) is 15.3 Å². The van der Waals surface area contributed by atoms with Gasteiger partial charge in [-0.3, -0.25) is 0 Å². The van der Waals surface area contributed by atoms with E-state index in [1.807, 2.05) is 30.3 Å². The topological polar surface area (TPSA) is 87.0 Å². The van der Waals surface area contributed by atoms with Gasteiger partial charge in [-0.15, -0.1) is 23.5 Å². The lowest BCUT2D eigenvalue weighted by Crippen LogP contribution is -2.22.